The number of hydrogen-bond donors (Lipinski definition) is 1. The van der Waals surface area contributed by atoms with Crippen LogP contribution in [0.1, 0.15) is 42.0 Å². The number of fused-ring (bicyclic) bond motifs is 2. The van der Waals surface area contributed by atoms with Gasteiger partial charge in [-0.2, -0.15) is 0 Å². The molecule has 0 aliphatic carbocycles. The summed E-state index contributed by atoms with van der Waals surface area (Å²) in [4.78, 5) is 30.7. The minimum absolute atomic E-state index is 0.117. The fraction of sp³-hybridized carbons (Fsp3) is 0.462. The quantitative estimate of drug-likeness (QED) is 0.878. The molecule has 0 unspecified atom stereocenters. The van der Waals surface area contributed by atoms with Gasteiger partial charge in [0, 0.05) is 17.8 Å². The Balaban J connectivity index is 2.19. The topological polar surface area (TPSA) is 70.5 Å². The summed E-state index contributed by atoms with van der Waals surface area (Å²) in [6.07, 6.45) is 0.859. The molecule has 0 aromatic carbocycles. The molecule has 0 radical (unpaired) electrons. The number of rotatable bonds is 2. The van der Waals surface area contributed by atoms with Crippen LogP contribution in [-0.2, 0) is 6.54 Å². The van der Waals surface area contributed by atoms with Gasteiger partial charge in [-0.05, 0) is 20.3 Å². The zero-order valence-corrected chi connectivity index (χ0v) is 11.2. The lowest BCUT2D eigenvalue weighted by atomic mass is 10.2. The predicted molar refractivity (Wildman–Crippen MR) is 70.2 cm³/mol. The van der Waals surface area contributed by atoms with Crippen molar-refractivity contribution in [3.8, 4) is 0 Å². The van der Waals surface area contributed by atoms with Crippen molar-refractivity contribution in [1.82, 2.24) is 19.5 Å². The Morgan fingerprint density at radius 2 is 2.21 bits per heavy atom. The molecule has 6 heteroatoms. The summed E-state index contributed by atoms with van der Waals surface area (Å²) < 4.78 is 1.40. The maximum absolute atomic E-state index is 12.3. The molecule has 0 spiro atoms. The molecule has 19 heavy (non-hydrogen) atoms. The number of hydrogen-bond acceptors (Lipinski definition) is 3. The highest BCUT2D eigenvalue weighted by molar-refractivity contribution is 5.97. The number of carbonyl (C=O) groups excluding carboxylic acids is 1. The Kier molecular flexibility index (Phi) is 2.48. The van der Waals surface area contributed by atoms with E-state index in [4.69, 9.17) is 0 Å². The van der Waals surface area contributed by atoms with Crippen molar-refractivity contribution in [2.75, 3.05) is 0 Å². The van der Waals surface area contributed by atoms with E-state index in [1.165, 1.54) is 4.52 Å². The van der Waals surface area contributed by atoms with Gasteiger partial charge in [0.1, 0.15) is 5.69 Å². The number of nitrogens with one attached hydrogen (secondary N) is 1. The Hall–Kier alpha value is -2.11. The molecule has 6 nitrogen and oxygen atoms in total. The third kappa shape index (κ3) is 1.59. The van der Waals surface area contributed by atoms with E-state index < -0.39 is 0 Å². The van der Waals surface area contributed by atoms with Crippen LogP contribution in [0.15, 0.2) is 10.9 Å². The zero-order chi connectivity index (χ0) is 13.7. The van der Waals surface area contributed by atoms with Gasteiger partial charge in [0.25, 0.3) is 11.5 Å². The average molecular weight is 260 g/mol. The van der Waals surface area contributed by atoms with Crippen LogP contribution in [0.4, 0.5) is 0 Å². The van der Waals surface area contributed by atoms with Gasteiger partial charge < -0.3 is 4.90 Å². The predicted octanol–water partition coefficient (Wildman–Crippen LogP) is 1.09. The number of carbonyl (C=O) groups is 1. The van der Waals surface area contributed by atoms with Crippen LogP contribution >= 0.6 is 0 Å². The Bertz CT molecular complexity index is 728. The monoisotopic (exact) mass is 260 g/mol. The van der Waals surface area contributed by atoms with Gasteiger partial charge in [-0.1, -0.05) is 6.92 Å². The second kappa shape index (κ2) is 3.94. The zero-order valence-electron chi connectivity index (χ0n) is 11.2. The molecule has 2 aromatic rings. The number of aryl methyl sites for hydroxylation is 1. The summed E-state index contributed by atoms with van der Waals surface area (Å²) in [5.41, 5.74) is 1.97. The standard InChI is InChI=1S/C13H16N4O2/c1-4-8(3)16-6-9-11(13(16)19)14-10-5-7(2)15-17(10)12(9)18/h5,8,15H,4,6H2,1-3H3/t8-/m0/s1. The minimum Gasteiger partial charge on any atom is -0.330 e. The van der Waals surface area contributed by atoms with Crippen LogP contribution in [0.3, 0.4) is 0 Å². The highest BCUT2D eigenvalue weighted by atomic mass is 16.2. The first-order valence-electron chi connectivity index (χ1n) is 6.45. The number of nitrogens with zero attached hydrogens (tertiary/aromatic N) is 3. The molecule has 1 aliphatic rings. The van der Waals surface area contributed by atoms with Crippen LogP contribution in [-0.4, -0.2) is 31.4 Å². The van der Waals surface area contributed by atoms with Crippen LogP contribution in [0, 0.1) is 6.92 Å². The molecule has 0 fully saturated rings. The lowest BCUT2D eigenvalue weighted by molar-refractivity contribution is 0.0709. The van der Waals surface area contributed by atoms with E-state index in [1.807, 2.05) is 20.8 Å². The van der Waals surface area contributed by atoms with Crippen LogP contribution in [0.2, 0.25) is 0 Å². The first kappa shape index (κ1) is 12.0. The Labute approximate surface area is 110 Å². The third-order valence-electron chi connectivity index (χ3n) is 3.75. The third-order valence-corrected chi connectivity index (χ3v) is 3.75. The minimum atomic E-state index is -0.174. The van der Waals surface area contributed by atoms with Crippen molar-refractivity contribution in [2.24, 2.45) is 0 Å². The second-order valence-electron chi connectivity index (χ2n) is 5.07. The largest absolute Gasteiger partial charge is 0.330 e. The highest BCUT2D eigenvalue weighted by Gasteiger charge is 2.34. The van der Waals surface area contributed by atoms with Crippen LogP contribution < -0.4 is 5.56 Å². The number of aromatic amines is 1. The molecule has 1 aliphatic heterocycles. The fourth-order valence-corrected chi connectivity index (χ4v) is 2.45. The van der Waals surface area contributed by atoms with Gasteiger partial charge in [0.2, 0.25) is 0 Å². The van der Waals surface area contributed by atoms with E-state index in [1.54, 1.807) is 11.0 Å². The van der Waals surface area contributed by atoms with Gasteiger partial charge in [-0.25, -0.2) is 9.50 Å². The summed E-state index contributed by atoms with van der Waals surface area (Å²) in [5.74, 6) is -0.136. The van der Waals surface area contributed by atoms with Gasteiger partial charge in [-0.3, -0.25) is 14.7 Å². The molecule has 100 valence electrons. The lowest BCUT2D eigenvalue weighted by Crippen LogP contribution is -2.33. The van der Waals surface area contributed by atoms with E-state index >= 15 is 0 Å². The molecule has 0 saturated carbocycles. The lowest BCUT2D eigenvalue weighted by Gasteiger charge is -2.22. The van der Waals surface area contributed by atoms with E-state index in [2.05, 4.69) is 10.1 Å². The van der Waals surface area contributed by atoms with Crippen LogP contribution in [0.5, 0.6) is 0 Å². The maximum atomic E-state index is 12.3. The highest BCUT2D eigenvalue weighted by Crippen LogP contribution is 2.22. The first-order valence-corrected chi connectivity index (χ1v) is 6.45. The first-order chi connectivity index (χ1) is 9.02. The maximum Gasteiger partial charge on any atom is 0.278 e. The Morgan fingerprint density at radius 1 is 1.47 bits per heavy atom. The molecular formula is C13H16N4O2. The number of amides is 1. The summed E-state index contributed by atoms with van der Waals surface area (Å²) >= 11 is 0. The summed E-state index contributed by atoms with van der Waals surface area (Å²) in [5, 5.41) is 2.94. The van der Waals surface area contributed by atoms with Gasteiger partial charge >= 0.3 is 0 Å². The molecule has 0 saturated heterocycles. The van der Waals surface area contributed by atoms with Crippen molar-refractivity contribution in [3.63, 3.8) is 0 Å². The van der Waals surface area contributed by atoms with Crippen LogP contribution in [0.25, 0.3) is 5.65 Å². The smallest absolute Gasteiger partial charge is 0.278 e. The molecule has 1 amide bonds. The molecular weight excluding hydrogens is 244 g/mol. The summed E-state index contributed by atoms with van der Waals surface area (Å²) in [6, 6.07) is 1.88. The van der Waals surface area contributed by atoms with Crippen molar-refractivity contribution < 1.29 is 4.79 Å². The second-order valence-corrected chi connectivity index (χ2v) is 5.07. The van der Waals surface area contributed by atoms with E-state index in [0.29, 0.717) is 23.4 Å². The fourth-order valence-electron chi connectivity index (χ4n) is 2.45. The molecule has 1 N–H and O–H groups in total. The summed E-state index contributed by atoms with van der Waals surface area (Å²) in [6.45, 7) is 6.22. The number of H-pyrrole nitrogens is 1. The SMILES string of the molecule is CC[C@H](C)N1Cc2c(nc3cc(C)[nH]n3c2=O)C1=O. The van der Waals surface area contributed by atoms with Crippen molar-refractivity contribution >= 4 is 11.6 Å². The molecule has 3 rings (SSSR count). The average Bonchev–Trinajstić information content (AvgIpc) is 2.91. The van der Waals surface area contributed by atoms with E-state index in [-0.39, 0.29) is 17.5 Å². The molecule has 3 heterocycles. The molecule has 1 atom stereocenters. The summed E-state index contributed by atoms with van der Waals surface area (Å²) in [7, 11) is 0. The molecule has 0 bridgehead atoms. The van der Waals surface area contributed by atoms with Gasteiger partial charge in [0.05, 0.1) is 12.1 Å². The van der Waals surface area contributed by atoms with Gasteiger partial charge in [0.15, 0.2) is 5.65 Å². The number of aromatic nitrogens is 3. The normalized spacial score (nSPS) is 16.2. The van der Waals surface area contributed by atoms with Crippen molar-refractivity contribution in [3.05, 3.63) is 33.4 Å². The van der Waals surface area contributed by atoms with E-state index in [9.17, 15) is 9.59 Å². The van der Waals surface area contributed by atoms with Crippen molar-refractivity contribution in [2.45, 2.75) is 39.8 Å². The van der Waals surface area contributed by atoms with E-state index in [0.717, 1.165) is 12.1 Å². The van der Waals surface area contributed by atoms with Gasteiger partial charge in [-0.15, -0.1) is 0 Å². The molecule has 2 aromatic heterocycles. The Morgan fingerprint density at radius 3 is 2.89 bits per heavy atom. The van der Waals surface area contributed by atoms with Crippen molar-refractivity contribution in [1.29, 1.82) is 0 Å².